The van der Waals surface area contributed by atoms with Crippen molar-refractivity contribution in [2.45, 2.75) is 20.4 Å². The number of carbonyl (C=O) groups is 3. The summed E-state index contributed by atoms with van der Waals surface area (Å²) in [5.41, 5.74) is 1.73. The number of allylic oxidation sites excluding steroid dienone is 1. The van der Waals surface area contributed by atoms with Gasteiger partial charge < -0.3 is 9.64 Å². The second kappa shape index (κ2) is 7.58. The van der Waals surface area contributed by atoms with E-state index in [4.69, 9.17) is 4.74 Å². The number of amides is 1. The molecule has 0 saturated heterocycles. The van der Waals surface area contributed by atoms with Crippen molar-refractivity contribution in [1.82, 2.24) is 4.90 Å². The Morgan fingerprint density at radius 3 is 2.11 bits per heavy atom. The summed E-state index contributed by atoms with van der Waals surface area (Å²) in [7, 11) is 1.59. The minimum atomic E-state index is -0.418. The Hall–Kier alpha value is -3.21. The van der Waals surface area contributed by atoms with Crippen molar-refractivity contribution in [3.63, 3.8) is 0 Å². The van der Waals surface area contributed by atoms with Crippen LogP contribution >= 0.6 is 0 Å². The molecule has 27 heavy (non-hydrogen) atoms. The maximum atomic E-state index is 13.1. The number of rotatable bonds is 5. The molecule has 0 radical (unpaired) electrons. The van der Waals surface area contributed by atoms with Crippen LogP contribution in [0.4, 0.5) is 0 Å². The topological polar surface area (TPSA) is 63.7 Å². The Labute approximate surface area is 158 Å². The molecule has 2 aromatic rings. The normalized spacial score (nSPS) is 13.4. The third-order valence-corrected chi connectivity index (χ3v) is 4.77. The summed E-state index contributed by atoms with van der Waals surface area (Å²) in [5.74, 6) is -0.343. The third kappa shape index (κ3) is 3.40. The largest absolute Gasteiger partial charge is 0.497 e. The molecule has 0 aromatic heterocycles. The van der Waals surface area contributed by atoms with Crippen molar-refractivity contribution in [3.8, 4) is 5.75 Å². The van der Waals surface area contributed by atoms with E-state index in [0.717, 1.165) is 11.3 Å². The average Bonchev–Trinajstić information content (AvgIpc) is 2.70. The van der Waals surface area contributed by atoms with Gasteiger partial charge in [0, 0.05) is 29.8 Å². The first-order valence-corrected chi connectivity index (χ1v) is 8.79. The second-order valence-corrected chi connectivity index (χ2v) is 6.37. The maximum Gasteiger partial charge on any atom is 0.258 e. The number of ketones is 2. The van der Waals surface area contributed by atoms with E-state index in [-0.39, 0.29) is 28.3 Å². The molecule has 3 rings (SSSR count). The van der Waals surface area contributed by atoms with Crippen LogP contribution in [0.3, 0.4) is 0 Å². The van der Waals surface area contributed by atoms with Crippen LogP contribution in [0.2, 0.25) is 0 Å². The summed E-state index contributed by atoms with van der Waals surface area (Å²) in [4.78, 5) is 40.2. The van der Waals surface area contributed by atoms with E-state index in [0.29, 0.717) is 18.7 Å². The van der Waals surface area contributed by atoms with E-state index in [1.54, 1.807) is 43.2 Å². The molecule has 2 aromatic carbocycles. The maximum absolute atomic E-state index is 13.1. The first-order chi connectivity index (χ1) is 13.0. The fourth-order valence-corrected chi connectivity index (χ4v) is 3.19. The van der Waals surface area contributed by atoms with Gasteiger partial charge in [0.1, 0.15) is 5.75 Å². The van der Waals surface area contributed by atoms with Crippen molar-refractivity contribution in [2.75, 3.05) is 13.7 Å². The van der Waals surface area contributed by atoms with Crippen molar-refractivity contribution in [3.05, 3.63) is 76.4 Å². The quantitative estimate of drug-likeness (QED) is 0.764. The summed E-state index contributed by atoms with van der Waals surface area (Å²) in [6, 6.07) is 14.0. The Morgan fingerprint density at radius 2 is 1.56 bits per heavy atom. The van der Waals surface area contributed by atoms with Crippen LogP contribution in [0.5, 0.6) is 5.75 Å². The molecule has 1 amide bonds. The van der Waals surface area contributed by atoms with Crippen molar-refractivity contribution < 1.29 is 19.1 Å². The van der Waals surface area contributed by atoms with E-state index < -0.39 is 5.91 Å². The molecular formula is C22H21NO4. The van der Waals surface area contributed by atoms with Crippen molar-refractivity contribution in [2.24, 2.45) is 0 Å². The molecule has 5 heteroatoms. The van der Waals surface area contributed by atoms with Crippen LogP contribution in [-0.4, -0.2) is 36.0 Å². The molecule has 138 valence electrons. The van der Waals surface area contributed by atoms with Gasteiger partial charge in [0.15, 0.2) is 11.6 Å². The minimum absolute atomic E-state index is 0.0333. The van der Waals surface area contributed by atoms with E-state index in [9.17, 15) is 14.4 Å². The highest BCUT2D eigenvalue weighted by Gasteiger charge is 2.35. The summed E-state index contributed by atoms with van der Waals surface area (Å²) in [6.45, 7) is 4.16. The number of hydrogen-bond donors (Lipinski definition) is 0. The number of fused-ring (bicyclic) bond motifs is 1. The van der Waals surface area contributed by atoms with E-state index in [1.165, 1.54) is 0 Å². The number of hydrogen-bond acceptors (Lipinski definition) is 4. The van der Waals surface area contributed by atoms with Gasteiger partial charge >= 0.3 is 0 Å². The fourth-order valence-electron chi connectivity index (χ4n) is 3.19. The minimum Gasteiger partial charge on any atom is -0.497 e. The van der Waals surface area contributed by atoms with Gasteiger partial charge in [0.25, 0.3) is 5.91 Å². The monoisotopic (exact) mass is 363 g/mol. The zero-order chi connectivity index (χ0) is 19.6. The standard InChI is InChI=1S/C22H21NO4/c1-4-23(13-15-9-11-16(27-3)12-10-15)22(26)19-14(2)20(24)17-7-5-6-8-18(17)21(19)25/h5-12H,4,13H2,1-3H3. The first kappa shape index (κ1) is 18.6. The van der Waals surface area contributed by atoms with Crippen molar-refractivity contribution in [1.29, 1.82) is 0 Å². The number of likely N-dealkylation sites (N-methyl/N-ethyl adjacent to an activating group) is 1. The van der Waals surface area contributed by atoms with Crippen LogP contribution in [0, 0.1) is 0 Å². The molecule has 0 bridgehead atoms. The summed E-state index contributed by atoms with van der Waals surface area (Å²) < 4.78 is 5.15. The lowest BCUT2D eigenvalue weighted by Crippen LogP contribution is -2.37. The van der Waals surface area contributed by atoms with E-state index in [2.05, 4.69) is 0 Å². The Balaban J connectivity index is 1.91. The number of methoxy groups -OCH3 is 1. The Bertz CT molecular complexity index is 941. The predicted molar refractivity (Wildman–Crippen MR) is 102 cm³/mol. The van der Waals surface area contributed by atoms with Crippen LogP contribution < -0.4 is 4.74 Å². The number of ether oxygens (including phenoxy) is 1. The molecule has 5 nitrogen and oxygen atoms in total. The molecule has 0 unspecified atom stereocenters. The SMILES string of the molecule is CCN(Cc1ccc(OC)cc1)C(=O)C1=C(C)C(=O)c2ccccc2C1=O. The van der Waals surface area contributed by atoms with Gasteiger partial charge in [-0.25, -0.2) is 0 Å². The summed E-state index contributed by atoms with van der Waals surface area (Å²) >= 11 is 0. The summed E-state index contributed by atoms with van der Waals surface area (Å²) in [5, 5.41) is 0. The second-order valence-electron chi connectivity index (χ2n) is 6.37. The van der Waals surface area contributed by atoms with Crippen LogP contribution in [0.15, 0.2) is 59.7 Å². The molecule has 1 aliphatic carbocycles. The lowest BCUT2D eigenvalue weighted by Gasteiger charge is -2.25. The smallest absolute Gasteiger partial charge is 0.258 e. The van der Waals surface area contributed by atoms with E-state index in [1.807, 2.05) is 31.2 Å². The zero-order valence-electron chi connectivity index (χ0n) is 15.6. The molecule has 1 aliphatic rings. The highest BCUT2D eigenvalue weighted by atomic mass is 16.5. The lowest BCUT2D eigenvalue weighted by molar-refractivity contribution is -0.127. The highest BCUT2D eigenvalue weighted by molar-refractivity contribution is 6.36. The summed E-state index contributed by atoms with van der Waals surface area (Å²) in [6.07, 6.45) is 0. The van der Waals surface area contributed by atoms with Gasteiger partial charge in [-0.15, -0.1) is 0 Å². The zero-order valence-corrected chi connectivity index (χ0v) is 15.6. The van der Waals surface area contributed by atoms with Crippen LogP contribution in [0.1, 0.15) is 40.1 Å². The van der Waals surface area contributed by atoms with Crippen molar-refractivity contribution >= 4 is 17.5 Å². The molecule has 0 heterocycles. The molecule has 0 atom stereocenters. The molecule has 0 aliphatic heterocycles. The highest BCUT2D eigenvalue weighted by Crippen LogP contribution is 2.27. The van der Waals surface area contributed by atoms with Gasteiger partial charge in [-0.05, 0) is 31.5 Å². The predicted octanol–water partition coefficient (Wildman–Crippen LogP) is 3.44. The molecular weight excluding hydrogens is 342 g/mol. The van der Waals surface area contributed by atoms with Gasteiger partial charge in [0.05, 0.1) is 12.7 Å². The fraction of sp³-hybridized carbons (Fsp3) is 0.227. The lowest BCUT2D eigenvalue weighted by atomic mass is 9.84. The first-order valence-electron chi connectivity index (χ1n) is 8.79. The van der Waals surface area contributed by atoms with E-state index >= 15 is 0 Å². The van der Waals surface area contributed by atoms with Crippen LogP contribution in [-0.2, 0) is 11.3 Å². The van der Waals surface area contributed by atoms with Gasteiger partial charge in [-0.1, -0.05) is 36.4 Å². The molecule has 0 spiro atoms. The van der Waals surface area contributed by atoms with Crippen LogP contribution in [0.25, 0.3) is 0 Å². The molecule has 0 fully saturated rings. The van der Waals surface area contributed by atoms with Gasteiger partial charge in [0.2, 0.25) is 0 Å². The number of nitrogens with zero attached hydrogens (tertiary/aromatic N) is 1. The number of carbonyl (C=O) groups excluding carboxylic acids is 3. The third-order valence-electron chi connectivity index (χ3n) is 4.77. The molecule has 0 saturated carbocycles. The average molecular weight is 363 g/mol. The number of Topliss-reactive ketones (excluding diaryl/α,β-unsaturated/α-hetero) is 2. The molecule has 0 N–H and O–H groups in total. The van der Waals surface area contributed by atoms with Gasteiger partial charge in [-0.3, -0.25) is 14.4 Å². The van der Waals surface area contributed by atoms with Gasteiger partial charge in [-0.2, -0.15) is 0 Å². The Kier molecular flexibility index (Phi) is 5.21. The Morgan fingerprint density at radius 1 is 0.963 bits per heavy atom. The number of benzene rings is 2.